The van der Waals surface area contributed by atoms with Gasteiger partial charge in [0, 0.05) is 13.1 Å². The van der Waals surface area contributed by atoms with E-state index >= 15 is 0 Å². The third-order valence-corrected chi connectivity index (χ3v) is 2.67. The van der Waals surface area contributed by atoms with Crippen molar-refractivity contribution in [3.63, 3.8) is 0 Å². The molecular formula is C12H14N2O. The Hall–Kier alpha value is -1.37. The molecule has 1 aliphatic heterocycles. The molecule has 1 aliphatic rings. The van der Waals surface area contributed by atoms with Gasteiger partial charge in [0.15, 0.2) is 0 Å². The highest BCUT2D eigenvalue weighted by Crippen LogP contribution is 2.17. The molecule has 1 N–H and O–H groups in total. The molecule has 3 nitrogen and oxygen atoms in total. The van der Waals surface area contributed by atoms with Gasteiger partial charge in [-0.3, -0.25) is 0 Å². The molecule has 2 rings (SSSR count). The first-order valence-electron chi connectivity index (χ1n) is 5.06. The Kier molecular flexibility index (Phi) is 2.72. The SMILES string of the molecule is CC1(OCc2ccc(C#N)cc2)CNC1. The highest BCUT2D eigenvalue weighted by Gasteiger charge is 2.32. The highest BCUT2D eigenvalue weighted by molar-refractivity contribution is 5.31. The second kappa shape index (κ2) is 4.01. The maximum absolute atomic E-state index is 8.65. The van der Waals surface area contributed by atoms with Gasteiger partial charge in [-0.25, -0.2) is 0 Å². The third kappa shape index (κ3) is 2.35. The lowest BCUT2D eigenvalue weighted by molar-refractivity contribution is -0.0767. The largest absolute Gasteiger partial charge is 0.368 e. The van der Waals surface area contributed by atoms with Gasteiger partial charge in [-0.05, 0) is 24.6 Å². The summed E-state index contributed by atoms with van der Waals surface area (Å²) in [6.45, 7) is 4.56. The molecule has 0 aliphatic carbocycles. The van der Waals surface area contributed by atoms with Crippen LogP contribution >= 0.6 is 0 Å². The summed E-state index contributed by atoms with van der Waals surface area (Å²) in [5.41, 5.74) is 1.80. The molecule has 0 bridgehead atoms. The second-order valence-corrected chi connectivity index (χ2v) is 4.15. The Balaban J connectivity index is 1.91. The first kappa shape index (κ1) is 10.2. The summed E-state index contributed by atoms with van der Waals surface area (Å²) >= 11 is 0. The van der Waals surface area contributed by atoms with Crippen molar-refractivity contribution in [2.75, 3.05) is 13.1 Å². The van der Waals surface area contributed by atoms with E-state index < -0.39 is 0 Å². The average Bonchev–Trinajstić information content (AvgIpc) is 2.24. The number of nitriles is 1. The van der Waals surface area contributed by atoms with Gasteiger partial charge in [-0.2, -0.15) is 5.26 Å². The Morgan fingerprint density at radius 1 is 1.40 bits per heavy atom. The zero-order valence-electron chi connectivity index (χ0n) is 8.79. The lowest BCUT2D eigenvalue weighted by Gasteiger charge is -2.39. The molecule has 1 aromatic rings. The van der Waals surface area contributed by atoms with Gasteiger partial charge >= 0.3 is 0 Å². The van der Waals surface area contributed by atoms with Gasteiger partial charge in [-0.1, -0.05) is 12.1 Å². The first-order chi connectivity index (χ1) is 7.22. The van der Waals surface area contributed by atoms with Crippen molar-refractivity contribution in [1.82, 2.24) is 5.32 Å². The van der Waals surface area contributed by atoms with Crippen molar-refractivity contribution in [2.45, 2.75) is 19.1 Å². The number of benzene rings is 1. The zero-order valence-corrected chi connectivity index (χ0v) is 8.79. The van der Waals surface area contributed by atoms with E-state index in [1.54, 1.807) is 0 Å². The normalized spacial score (nSPS) is 17.9. The van der Waals surface area contributed by atoms with Crippen molar-refractivity contribution in [3.05, 3.63) is 35.4 Å². The van der Waals surface area contributed by atoms with Crippen LogP contribution in [-0.2, 0) is 11.3 Å². The van der Waals surface area contributed by atoms with Gasteiger partial charge in [0.2, 0.25) is 0 Å². The van der Waals surface area contributed by atoms with Gasteiger partial charge in [0.25, 0.3) is 0 Å². The maximum Gasteiger partial charge on any atom is 0.0991 e. The van der Waals surface area contributed by atoms with E-state index in [1.165, 1.54) is 0 Å². The molecule has 0 saturated carbocycles. The van der Waals surface area contributed by atoms with Gasteiger partial charge < -0.3 is 10.1 Å². The van der Waals surface area contributed by atoms with E-state index in [1.807, 2.05) is 24.3 Å². The fourth-order valence-corrected chi connectivity index (χ4v) is 1.51. The van der Waals surface area contributed by atoms with E-state index in [0.29, 0.717) is 12.2 Å². The minimum absolute atomic E-state index is 0.00605. The summed E-state index contributed by atoms with van der Waals surface area (Å²) in [5.74, 6) is 0. The fourth-order valence-electron chi connectivity index (χ4n) is 1.51. The molecule has 0 spiro atoms. The molecule has 1 aromatic carbocycles. The highest BCUT2D eigenvalue weighted by atomic mass is 16.5. The smallest absolute Gasteiger partial charge is 0.0991 e. The molecule has 1 heterocycles. The van der Waals surface area contributed by atoms with Crippen LogP contribution in [0.25, 0.3) is 0 Å². The van der Waals surface area contributed by atoms with Crippen molar-refractivity contribution in [2.24, 2.45) is 0 Å². The number of hydrogen-bond donors (Lipinski definition) is 1. The Labute approximate surface area is 89.7 Å². The summed E-state index contributed by atoms with van der Waals surface area (Å²) in [5, 5.41) is 11.8. The standard InChI is InChI=1S/C12H14N2O/c1-12(8-14-9-12)15-7-11-4-2-10(6-13)3-5-11/h2-5,14H,7-9H2,1H3. The monoisotopic (exact) mass is 202 g/mol. The molecule has 1 fully saturated rings. The lowest BCUT2D eigenvalue weighted by atomic mass is 10.00. The van der Waals surface area contributed by atoms with Gasteiger partial charge in [-0.15, -0.1) is 0 Å². The molecular weight excluding hydrogens is 188 g/mol. The molecule has 1 saturated heterocycles. The van der Waals surface area contributed by atoms with E-state index in [2.05, 4.69) is 18.3 Å². The summed E-state index contributed by atoms with van der Waals surface area (Å²) < 4.78 is 5.78. The van der Waals surface area contributed by atoms with Crippen molar-refractivity contribution >= 4 is 0 Å². The predicted molar refractivity (Wildman–Crippen MR) is 57.2 cm³/mol. The van der Waals surface area contributed by atoms with Crippen molar-refractivity contribution in [1.29, 1.82) is 5.26 Å². The molecule has 0 amide bonds. The van der Waals surface area contributed by atoms with Crippen LogP contribution in [0.3, 0.4) is 0 Å². The Morgan fingerprint density at radius 3 is 2.53 bits per heavy atom. The minimum Gasteiger partial charge on any atom is -0.368 e. The van der Waals surface area contributed by atoms with Crippen LogP contribution in [0.1, 0.15) is 18.1 Å². The molecule has 78 valence electrons. The Bertz CT molecular complexity index is 374. The summed E-state index contributed by atoms with van der Waals surface area (Å²) in [6, 6.07) is 9.61. The quantitative estimate of drug-likeness (QED) is 0.806. The summed E-state index contributed by atoms with van der Waals surface area (Å²) in [7, 11) is 0. The Morgan fingerprint density at radius 2 is 2.07 bits per heavy atom. The van der Waals surface area contributed by atoms with Crippen LogP contribution in [0.4, 0.5) is 0 Å². The molecule has 0 atom stereocenters. The predicted octanol–water partition coefficient (Wildman–Crippen LogP) is 1.44. The third-order valence-electron chi connectivity index (χ3n) is 2.67. The van der Waals surface area contributed by atoms with E-state index in [0.717, 1.165) is 18.7 Å². The first-order valence-corrected chi connectivity index (χ1v) is 5.06. The van der Waals surface area contributed by atoms with Gasteiger partial charge in [0.05, 0.1) is 23.8 Å². The maximum atomic E-state index is 8.65. The average molecular weight is 202 g/mol. The number of nitrogens with zero attached hydrogens (tertiary/aromatic N) is 1. The second-order valence-electron chi connectivity index (χ2n) is 4.15. The van der Waals surface area contributed by atoms with E-state index in [4.69, 9.17) is 10.00 Å². The zero-order chi connectivity index (χ0) is 10.7. The van der Waals surface area contributed by atoms with Crippen LogP contribution in [0.5, 0.6) is 0 Å². The fraction of sp³-hybridized carbons (Fsp3) is 0.417. The number of nitrogens with one attached hydrogen (secondary N) is 1. The van der Waals surface area contributed by atoms with Crippen LogP contribution in [0.15, 0.2) is 24.3 Å². The summed E-state index contributed by atoms with van der Waals surface area (Å²) in [4.78, 5) is 0. The number of ether oxygens (including phenoxy) is 1. The molecule has 3 heteroatoms. The van der Waals surface area contributed by atoms with Crippen LogP contribution in [0.2, 0.25) is 0 Å². The summed E-state index contributed by atoms with van der Waals surface area (Å²) in [6.07, 6.45) is 0. The molecule has 15 heavy (non-hydrogen) atoms. The number of hydrogen-bond acceptors (Lipinski definition) is 3. The molecule has 0 radical (unpaired) electrons. The van der Waals surface area contributed by atoms with Crippen LogP contribution in [0, 0.1) is 11.3 Å². The van der Waals surface area contributed by atoms with Crippen molar-refractivity contribution in [3.8, 4) is 6.07 Å². The lowest BCUT2D eigenvalue weighted by Crippen LogP contribution is -2.58. The van der Waals surface area contributed by atoms with E-state index in [-0.39, 0.29) is 5.60 Å². The topological polar surface area (TPSA) is 45.0 Å². The molecule has 0 unspecified atom stereocenters. The van der Waals surface area contributed by atoms with Crippen LogP contribution < -0.4 is 5.32 Å². The van der Waals surface area contributed by atoms with Crippen molar-refractivity contribution < 1.29 is 4.74 Å². The number of rotatable bonds is 3. The van der Waals surface area contributed by atoms with E-state index in [9.17, 15) is 0 Å². The minimum atomic E-state index is -0.00605. The molecule has 0 aromatic heterocycles. The van der Waals surface area contributed by atoms with Crippen LogP contribution in [-0.4, -0.2) is 18.7 Å². The van der Waals surface area contributed by atoms with Gasteiger partial charge in [0.1, 0.15) is 0 Å².